The maximum absolute atomic E-state index is 14.1. The Morgan fingerprint density at radius 3 is 2.41 bits per heavy atom. The predicted molar refractivity (Wildman–Crippen MR) is 171 cm³/mol. The number of hydrogen-bond acceptors (Lipinski definition) is 6. The molecule has 0 bridgehead atoms. The number of furan rings is 2. The van der Waals surface area contributed by atoms with E-state index < -0.39 is 21.9 Å². The average Bonchev–Trinajstić information content (AvgIpc) is 3.55. The molecule has 2 heterocycles. The highest BCUT2D eigenvalue weighted by molar-refractivity contribution is 9.10. The molecule has 13 heteroatoms. The van der Waals surface area contributed by atoms with Crippen LogP contribution < -0.4 is 4.31 Å². The zero-order chi connectivity index (χ0) is 31.8. The van der Waals surface area contributed by atoms with E-state index in [4.69, 9.17) is 32.0 Å². The first kappa shape index (κ1) is 31.6. The minimum Gasteiger partial charge on any atom is -0.475 e. The van der Waals surface area contributed by atoms with Crippen molar-refractivity contribution in [3.05, 3.63) is 116 Å². The molecule has 228 valence electrons. The second-order valence-corrected chi connectivity index (χ2v) is 13.4. The number of carbonyl (C=O) groups is 2. The van der Waals surface area contributed by atoms with Crippen molar-refractivity contribution in [2.45, 2.75) is 31.8 Å². The Kier molecular flexibility index (Phi) is 9.12. The summed E-state index contributed by atoms with van der Waals surface area (Å²) in [5, 5.41) is 10.4. The number of aryl methyl sites for hydroxylation is 1. The maximum Gasteiger partial charge on any atom is 0.372 e. The standard InChI is InChI=1S/C31H25BrCl2N2O7S/c1-3-36(44(40,41)21-9-11-27-23(15-21)18(2)29(43-27)31(38)39)26-10-8-20(33)14-19(26)16-35(17-28-24(32)12-13-42-28)30(37)22-6-4-5-7-25(22)34/h4-15H,3,16-17H2,1-2H3,(H,38,39). The number of nitrogens with zero attached hydrogens (tertiary/aromatic N) is 2. The normalized spacial score (nSPS) is 11.6. The molecule has 2 aromatic heterocycles. The zero-order valence-corrected chi connectivity index (χ0v) is 27.3. The summed E-state index contributed by atoms with van der Waals surface area (Å²) in [7, 11) is -4.18. The summed E-state index contributed by atoms with van der Waals surface area (Å²) >= 11 is 16.2. The molecule has 0 saturated carbocycles. The molecule has 5 aromatic rings. The first-order chi connectivity index (χ1) is 20.9. The highest BCUT2D eigenvalue weighted by Gasteiger charge is 2.29. The van der Waals surface area contributed by atoms with Gasteiger partial charge in [0.2, 0.25) is 5.76 Å². The van der Waals surface area contributed by atoms with Crippen LogP contribution >= 0.6 is 39.1 Å². The van der Waals surface area contributed by atoms with Gasteiger partial charge in [0.1, 0.15) is 11.3 Å². The number of fused-ring (bicyclic) bond motifs is 1. The van der Waals surface area contributed by atoms with Crippen LogP contribution in [0.4, 0.5) is 5.69 Å². The Hall–Kier alpha value is -3.77. The van der Waals surface area contributed by atoms with Gasteiger partial charge in [0.25, 0.3) is 15.9 Å². The molecule has 0 aliphatic carbocycles. The number of sulfonamides is 1. The van der Waals surface area contributed by atoms with Gasteiger partial charge in [-0.3, -0.25) is 9.10 Å². The molecule has 3 aromatic carbocycles. The molecule has 9 nitrogen and oxygen atoms in total. The van der Waals surface area contributed by atoms with Crippen LogP contribution in [0.2, 0.25) is 10.0 Å². The summed E-state index contributed by atoms with van der Waals surface area (Å²) < 4.78 is 41.1. The molecule has 44 heavy (non-hydrogen) atoms. The van der Waals surface area contributed by atoms with Crippen molar-refractivity contribution in [1.29, 1.82) is 0 Å². The number of benzene rings is 3. The molecule has 0 aliphatic rings. The van der Waals surface area contributed by atoms with Gasteiger partial charge in [0, 0.05) is 29.1 Å². The Morgan fingerprint density at radius 2 is 1.75 bits per heavy atom. The number of carboxylic acid groups (broad SMARTS) is 1. The average molecular weight is 720 g/mol. The number of carbonyl (C=O) groups excluding carboxylic acids is 1. The van der Waals surface area contributed by atoms with Gasteiger partial charge in [-0.05, 0) is 89.9 Å². The van der Waals surface area contributed by atoms with Crippen molar-refractivity contribution in [3.63, 3.8) is 0 Å². The second-order valence-electron chi connectivity index (χ2n) is 9.79. The molecule has 0 spiro atoms. The number of amides is 1. The third-order valence-corrected chi connectivity index (χ3v) is 10.2. The largest absolute Gasteiger partial charge is 0.475 e. The van der Waals surface area contributed by atoms with Gasteiger partial charge in [-0.25, -0.2) is 13.2 Å². The second kappa shape index (κ2) is 12.7. The summed E-state index contributed by atoms with van der Waals surface area (Å²) in [6.07, 6.45) is 1.49. The lowest BCUT2D eigenvalue weighted by atomic mass is 10.1. The number of anilines is 1. The van der Waals surface area contributed by atoms with Crippen molar-refractivity contribution < 1.29 is 31.9 Å². The third-order valence-electron chi connectivity index (χ3n) is 7.07. The van der Waals surface area contributed by atoms with Gasteiger partial charge < -0.3 is 18.8 Å². The van der Waals surface area contributed by atoms with Crippen LogP contribution in [0.3, 0.4) is 0 Å². The zero-order valence-electron chi connectivity index (χ0n) is 23.4. The lowest BCUT2D eigenvalue weighted by molar-refractivity contribution is 0.0662. The van der Waals surface area contributed by atoms with E-state index in [0.717, 1.165) is 0 Å². The van der Waals surface area contributed by atoms with Crippen LogP contribution in [0.1, 0.15) is 44.7 Å². The fourth-order valence-corrected chi connectivity index (χ4v) is 7.18. The lowest BCUT2D eigenvalue weighted by Gasteiger charge is -2.29. The minimum absolute atomic E-state index is 0.0407. The van der Waals surface area contributed by atoms with Crippen LogP contribution in [0.5, 0.6) is 0 Å². The van der Waals surface area contributed by atoms with Gasteiger partial charge in [0.05, 0.1) is 38.4 Å². The van der Waals surface area contributed by atoms with E-state index in [1.54, 1.807) is 62.4 Å². The Labute approximate surface area is 271 Å². The molecule has 0 radical (unpaired) electrons. The van der Waals surface area contributed by atoms with Crippen LogP contribution in [0.25, 0.3) is 11.0 Å². The van der Waals surface area contributed by atoms with E-state index in [0.29, 0.717) is 37.5 Å². The smallest absolute Gasteiger partial charge is 0.372 e. The monoisotopic (exact) mass is 718 g/mol. The molecule has 0 aliphatic heterocycles. The van der Waals surface area contributed by atoms with Gasteiger partial charge >= 0.3 is 5.97 Å². The SMILES string of the molecule is CCN(c1ccc(Cl)cc1CN(Cc1occc1Br)C(=O)c1ccccc1Cl)S(=O)(=O)c1ccc2oc(C(=O)O)c(C)c2c1. The van der Waals surface area contributed by atoms with Gasteiger partial charge in [-0.15, -0.1) is 0 Å². The molecular weight excluding hydrogens is 695 g/mol. The van der Waals surface area contributed by atoms with E-state index in [1.807, 2.05) is 0 Å². The molecule has 1 amide bonds. The summed E-state index contributed by atoms with van der Waals surface area (Å²) in [6, 6.07) is 17.3. The Bertz CT molecular complexity index is 2010. The summed E-state index contributed by atoms with van der Waals surface area (Å²) in [5.74, 6) is -1.42. The summed E-state index contributed by atoms with van der Waals surface area (Å²) in [4.78, 5) is 26.8. The summed E-state index contributed by atoms with van der Waals surface area (Å²) in [6.45, 7) is 3.29. The van der Waals surface area contributed by atoms with Gasteiger partial charge in [-0.1, -0.05) is 35.3 Å². The first-order valence-corrected chi connectivity index (χ1v) is 16.2. The molecular formula is C31H25BrCl2N2O7S. The third kappa shape index (κ3) is 6.10. The predicted octanol–water partition coefficient (Wildman–Crippen LogP) is 8.16. The summed E-state index contributed by atoms with van der Waals surface area (Å²) in [5.41, 5.74) is 1.61. The van der Waals surface area contributed by atoms with E-state index in [1.165, 1.54) is 33.7 Å². The van der Waals surface area contributed by atoms with E-state index in [2.05, 4.69) is 15.9 Å². The number of rotatable bonds is 10. The molecule has 1 N–H and O–H groups in total. The quantitative estimate of drug-likeness (QED) is 0.155. The Balaban J connectivity index is 1.58. The number of hydrogen-bond donors (Lipinski definition) is 1. The lowest BCUT2D eigenvalue weighted by Crippen LogP contribution is -2.34. The van der Waals surface area contributed by atoms with Crippen molar-refractivity contribution in [2.75, 3.05) is 10.8 Å². The maximum atomic E-state index is 14.1. The number of halogens is 3. The molecule has 0 saturated heterocycles. The van der Waals surface area contributed by atoms with Crippen molar-refractivity contribution in [1.82, 2.24) is 4.90 Å². The Morgan fingerprint density at radius 1 is 1.00 bits per heavy atom. The van der Waals surface area contributed by atoms with Gasteiger partial charge in [0.15, 0.2) is 0 Å². The fourth-order valence-electron chi connectivity index (χ4n) is 4.91. The van der Waals surface area contributed by atoms with Gasteiger partial charge in [-0.2, -0.15) is 0 Å². The highest BCUT2D eigenvalue weighted by Crippen LogP contribution is 2.34. The van der Waals surface area contributed by atoms with Crippen molar-refractivity contribution in [2.24, 2.45) is 0 Å². The van der Waals surface area contributed by atoms with E-state index >= 15 is 0 Å². The first-order valence-electron chi connectivity index (χ1n) is 13.3. The van der Waals surface area contributed by atoms with Crippen LogP contribution in [-0.4, -0.2) is 36.8 Å². The highest BCUT2D eigenvalue weighted by atomic mass is 79.9. The fraction of sp³-hybridized carbons (Fsp3) is 0.161. The van der Waals surface area contributed by atoms with Crippen LogP contribution in [-0.2, 0) is 23.1 Å². The topological polar surface area (TPSA) is 121 Å². The van der Waals surface area contributed by atoms with Crippen LogP contribution in [0.15, 0.2) is 91.2 Å². The molecule has 5 rings (SSSR count). The van der Waals surface area contributed by atoms with Crippen molar-refractivity contribution >= 4 is 77.7 Å². The number of carboxylic acids is 1. The van der Waals surface area contributed by atoms with E-state index in [9.17, 15) is 23.1 Å². The molecule has 0 fully saturated rings. The molecule has 0 unspecified atom stereocenters. The molecule has 0 atom stereocenters. The van der Waals surface area contributed by atoms with E-state index in [-0.39, 0.29) is 46.5 Å². The van der Waals surface area contributed by atoms with Crippen molar-refractivity contribution in [3.8, 4) is 0 Å². The number of aromatic carboxylic acids is 1. The van der Waals surface area contributed by atoms with Crippen LogP contribution in [0, 0.1) is 6.92 Å². The minimum atomic E-state index is -4.18.